The van der Waals surface area contributed by atoms with E-state index in [1.165, 1.54) is 47.6 Å². The summed E-state index contributed by atoms with van der Waals surface area (Å²) in [5.74, 6) is -1.66. The lowest BCUT2D eigenvalue weighted by atomic mass is 9.99. The van der Waals surface area contributed by atoms with Gasteiger partial charge in [0, 0.05) is 42.0 Å². The van der Waals surface area contributed by atoms with E-state index in [4.69, 9.17) is 0 Å². The van der Waals surface area contributed by atoms with Crippen LogP contribution < -0.4 is 5.32 Å². The monoisotopic (exact) mass is 512 g/mol. The fourth-order valence-corrected chi connectivity index (χ4v) is 4.50. The summed E-state index contributed by atoms with van der Waals surface area (Å²) in [6.45, 7) is 0.146. The van der Waals surface area contributed by atoms with Gasteiger partial charge in [-0.15, -0.1) is 0 Å². The van der Waals surface area contributed by atoms with Gasteiger partial charge in [0.2, 0.25) is 11.7 Å². The minimum atomic E-state index is -0.666. The van der Waals surface area contributed by atoms with Crippen LogP contribution in [-0.2, 0) is 11.3 Å². The molecule has 2 amide bonds. The number of anilines is 1. The first-order valence-corrected chi connectivity index (χ1v) is 12.0. The molecule has 1 N–H and O–H groups in total. The molecule has 4 aromatic rings. The molecule has 0 saturated carbocycles. The normalized spacial score (nSPS) is 14.3. The van der Waals surface area contributed by atoms with Crippen molar-refractivity contribution in [3.8, 4) is 0 Å². The smallest absolute Gasteiger partial charge is 0.255 e. The topological polar surface area (TPSA) is 92.3 Å². The summed E-state index contributed by atoms with van der Waals surface area (Å²) in [6.07, 6.45) is 3.04. The van der Waals surface area contributed by atoms with Crippen LogP contribution in [0.1, 0.15) is 56.4 Å². The summed E-state index contributed by atoms with van der Waals surface area (Å²) >= 11 is 0. The highest BCUT2D eigenvalue weighted by atomic mass is 19.1. The zero-order valence-electron chi connectivity index (χ0n) is 20.1. The minimum absolute atomic E-state index is 0.0120. The van der Waals surface area contributed by atoms with E-state index in [0.29, 0.717) is 11.1 Å². The molecule has 0 spiro atoms. The Labute approximate surface area is 217 Å². The van der Waals surface area contributed by atoms with E-state index in [2.05, 4.69) is 15.3 Å². The van der Waals surface area contributed by atoms with Crippen LogP contribution in [0.25, 0.3) is 0 Å². The van der Waals surface area contributed by atoms with Crippen molar-refractivity contribution in [1.29, 1.82) is 0 Å². The highest BCUT2D eigenvalue weighted by Crippen LogP contribution is 2.39. The maximum absolute atomic E-state index is 14.8. The molecule has 3 heterocycles. The van der Waals surface area contributed by atoms with E-state index >= 15 is 0 Å². The number of amides is 2. The molecule has 5 rings (SSSR count). The molecule has 9 heteroatoms. The lowest BCUT2D eigenvalue weighted by Gasteiger charge is -2.25. The predicted molar refractivity (Wildman–Crippen MR) is 135 cm³/mol. The molecule has 1 atom stereocenters. The van der Waals surface area contributed by atoms with Gasteiger partial charge in [0.25, 0.3) is 5.91 Å². The minimum Gasteiger partial charge on any atom is -0.327 e. The van der Waals surface area contributed by atoms with Crippen molar-refractivity contribution in [2.75, 3.05) is 5.32 Å². The van der Waals surface area contributed by atoms with Crippen LogP contribution in [0.5, 0.6) is 0 Å². The standard InChI is InChI=1S/C29H22F2N4O3/c30-20-10-7-18(8-11-20)17-35-24(27-21(29(35)38)4-3-5-22(27)31)12-14-26(36)34-25-13-9-19(16-33-25)28(37)23-6-1-2-15-32-23/h1-11,13,15-16,24H,12,14,17H2,(H,33,34,36). The first-order valence-electron chi connectivity index (χ1n) is 12.0. The molecule has 0 saturated heterocycles. The number of pyridine rings is 2. The van der Waals surface area contributed by atoms with Gasteiger partial charge in [-0.25, -0.2) is 13.8 Å². The zero-order valence-corrected chi connectivity index (χ0v) is 20.1. The van der Waals surface area contributed by atoms with Crippen molar-refractivity contribution in [2.24, 2.45) is 0 Å². The Morgan fingerprint density at radius 3 is 2.45 bits per heavy atom. The highest BCUT2D eigenvalue weighted by Gasteiger charge is 2.38. The molecule has 0 aliphatic carbocycles. The van der Waals surface area contributed by atoms with E-state index in [0.717, 1.165) is 0 Å². The first-order chi connectivity index (χ1) is 18.4. The maximum atomic E-state index is 14.8. The van der Waals surface area contributed by atoms with Gasteiger partial charge in [-0.05, 0) is 60.5 Å². The molecule has 2 aromatic carbocycles. The van der Waals surface area contributed by atoms with Crippen LogP contribution in [0, 0.1) is 11.6 Å². The van der Waals surface area contributed by atoms with Crippen molar-refractivity contribution in [1.82, 2.24) is 14.9 Å². The molecule has 190 valence electrons. The van der Waals surface area contributed by atoms with Gasteiger partial charge >= 0.3 is 0 Å². The summed E-state index contributed by atoms with van der Waals surface area (Å²) in [7, 11) is 0. The van der Waals surface area contributed by atoms with Crippen molar-refractivity contribution >= 4 is 23.4 Å². The Bertz CT molecular complexity index is 1490. The molecule has 38 heavy (non-hydrogen) atoms. The van der Waals surface area contributed by atoms with Crippen molar-refractivity contribution < 1.29 is 23.2 Å². The van der Waals surface area contributed by atoms with Crippen LogP contribution in [0.3, 0.4) is 0 Å². The second-order valence-electron chi connectivity index (χ2n) is 8.84. The molecule has 2 aromatic heterocycles. The number of rotatable bonds is 8. The number of carbonyl (C=O) groups is 3. The Morgan fingerprint density at radius 2 is 1.74 bits per heavy atom. The molecule has 1 aliphatic heterocycles. The van der Waals surface area contributed by atoms with Gasteiger partial charge in [0.15, 0.2) is 0 Å². The molecule has 0 radical (unpaired) electrons. The lowest BCUT2D eigenvalue weighted by molar-refractivity contribution is -0.116. The van der Waals surface area contributed by atoms with Gasteiger partial charge in [0.05, 0.1) is 6.04 Å². The quantitative estimate of drug-likeness (QED) is 0.332. The van der Waals surface area contributed by atoms with Crippen LogP contribution in [0.15, 0.2) is 85.2 Å². The number of fused-ring (bicyclic) bond motifs is 1. The Balaban J connectivity index is 1.27. The van der Waals surface area contributed by atoms with Gasteiger partial charge < -0.3 is 10.2 Å². The maximum Gasteiger partial charge on any atom is 0.255 e. The summed E-state index contributed by atoms with van der Waals surface area (Å²) in [5.41, 5.74) is 1.81. The molecule has 7 nitrogen and oxygen atoms in total. The van der Waals surface area contributed by atoms with Gasteiger partial charge in [-0.3, -0.25) is 19.4 Å². The first kappa shape index (κ1) is 24.9. The van der Waals surface area contributed by atoms with E-state index in [9.17, 15) is 23.2 Å². The average Bonchev–Trinajstić information content (AvgIpc) is 3.20. The molecule has 1 aliphatic rings. The fraction of sp³-hybridized carbons (Fsp3) is 0.138. The number of hydrogen-bond donors (Lipinski definition) is 1. The summed E-state index contributed by atoms with van der Waals surface area (Å²) < 4.78 is 28.2. The second kappa shape index (κ2) is 10.7. The van der Waals surface area contributed by atoms with E-state index in [1.807, 2.05) is 0 Å². The number of ketones is 1. The number of carbonyl (C=O) groups excluding carboxylic acids is 3. The molecule has 0 bridgehead atoms. The van der Waals surface area contributed by atoms with E-state index < -0.39 is 17.7 Å². The number of halogens is 2. The number of aromatic nitrogens is 2. The number of benzene rings is 2. The molecule has 0 fully saturated rings. The van der Waals surface area contributed by atoms with Gasteiger partial charge in [-0.2, -0.15) is 0 Å². The SMILES string of the molecule is O=C(CCC1c2c(F)cccc2C(=O)N1Cc1ccc(F)cc1)Nc1ccc(C(=O)c2ccccn2)cn1. The zero-order chi connectivity index (χ0) is 26.6. The number of hydrogen-bond acceptors (Lipinski definition) is 5. The third-order valence-corrected chi connectivity index (χ3v) is 6.36. The largest absolute Gasteiger partial charge is 0.327 e. The predicted octanol–water partition coefficient (Wildman–Crippen LogP) is 5.10. The van der Waals surface area contributed by atoms with Crippen LogP contribution in [0.2, 0.25) is 0 Å². The average molecular weight is 513 g/mol. The summed E-state index contributed by atoms with van der Waals surface area (Å²) in [6, 6.07) is 17.5. The Kier molecular flexibility index (Phi) is 6.99. The number of nitrogens with zero attached hydrogens (tertiary/aromatic N) is 3. The van der Waals surface area contributed by atoms with Gasteiger partial charge in [0.1, 0.15) is 23.1 Å². The lowest BCUT2D eigenvalue weighted by Crippen LogP contribution is -2.28. The van der Waals surface area contributed by atoms with E-state index in [1.54, 1.807) is 42.5 Å². The van der Waals surface area contributed by atoms with Crippen molar-refractivity contribution in [3.05, 3.63) is 125 Å². The molecular formula is C29H22F2N4O3. The van der Waals surface area contributed by atoms with Crippen molar-refractivity contribution in [3.63, 3.8) is 0 Å². The molecule has 1 unspecified atom stereocenters. The Hall–Kier alpha value is -4.79. The number of nitrogens with one attached hydrogen (secondary N) is 1. The summed E-state index contributed by atoms with van der Waals surface area (Å²) in [4.78, 5) is 48.0. The Morgan fingerprint density at radius 1 is 0.921 bits per heavy atom. The van der Waals surface area contributed by atoms with Crippen molar-refractivity contribution in [2.45, 2.75) is 25.4 Å². The van der Waals surface area contributed by atoms with Crippen LogP contribution >= 0.6 is 0 Å². The third-order valence-electron chi connectivity index (χ3n) is 6.36. The van der Waals surface area contributed by atoms with Crippen LogP contribution in [0.4, 0.5) is 14.6 Å². The highest BCUT2D eigenvalue weighted by molar-refractivity contribution is 6.07. The second-order valence-corrected chi connectivity index (χ2v) is 8.84. The van der Waals surface area contributed by atoms with E-state index in [-0.39, 0.29) is 59.6 Å². The fourth-order valence-electron chi connectivity index (χ4n) is 4.50. The third kappa shape index (κ3) is 5.17. The van der Waals surface area contributed by atoms with Gasteiger partial charge in [-0.1, -0.05) is 24.3 Å². The summed E-state index contributed by atoms with van der Waals surface area (Å²) in [5, 5.41) is 2.68. The van der Waals surface area contributed by atoms with Crippen LogP contribution in [-0.4, -0.2) is 32.5 Å². The molecular weight excluding hydrogens is 490 g/mol.